The van der Waals surface area contributed by atoms with Gasteiger partial charge in [0.05, 0.1) is 5.88 Å². The highest BCUT2D eigenvalue weighted by molar-refractivity contribution is 9.10. The summed E-state index contributed by atoms with van der Waals surface area (Å²) in [4.78, 5) is 9.10. The van der Waals surface area contributed by atoms with Crippen LogP contribution in [0.3, 0.4) is 0 Å². The van der Waals surface area contributed by atoms with Crippen LogP contribution in [0.25, 0.3) is 11.2 Å². The van der Waals surface area contributed by atoms with Gasteiger partial charge in [0, 0.05) is 17.2 Å². The third kappa shape index (κ3) is 2.93. The highest BCUT2D eigenvalue weighted by Crippen LogP contribution is 2.27. The van der Waals surface area contributed by atoms with Crippen molar-refractivity contribution in [3.05, 3.63) is 22.6 Å². The Morgan fingerprint density at radius 1 is 1.42 bits per heavy atom. The molecule has 0 radical (unpaired) electrons. The Labute approximate surface area is 130 Å². The summed E-state index contributed by atoms with van der Waals surface area (Å²) < 4.78 is 3.16. The second kappa shape index (κ2) is 6.02. The van der Waals surface area contributed by atoms with E-state index in [-0.39, 0.29) is 0 Å². The average Bonchev–Trinajstić information content (AvgIpc) is 2.77. The van der Waals surface area contributed by atoms with E-state index in [1.165, 1.54) is 24.3 Å². The quantitative estimate of drug-likeness (QED) is 0.773. The fraction of sp³-hybridized carbons (Fsp3) is 0.538. The van der Waals surface area contributed by atoms with E-state index in [4.69, 9.17) is 11.6 Å². The van der Waals surface area contributed by atoms with Crippen molar-refractivity contribution in [2.75, 3.05) is 11.5 Å². The van der Waals surface area contributed by atoms with Crippen molar-refractivity contribution in [3.63, 3.8) is 0 Å². The monoisotopic (exact) mass is 359 g/mol. The predicted molar refractivity (Wildman–Crippen MR) is 84.8 cm³/mol. The molecule has 0 saturated carbocycles. The summed E-state index contributed by atoms with van der Waals surface area (Å²) >= 11 is 11.5. The Bertz CT molecular complexity index is 581. The Kier molecular flexibility index (Phi) is 4.34. The van der Waals surface area contributed by atoms with E-state index in [1.54, 1.807) is 0 Å². The minimum atomic E-state index is 0.440. The van der Waals surface area contributed by atoms with Crippen LogP contribution in [-0.2, 0) is 12.4 Å². The molecule has 0 atom stereocenters. The minimum absolute atomic E-state index is 0.440. The summed E-state index contributed by atoms with van der Waals surface area (Å²) in [5.74, 6) is 4.64. The predicted octanol–water partition coefficient (Wildman–Crippen LogP) is 4.08. The zero-order valence-electron chi connectivity index (χ0n) is 10.5. The van der Waals surface area contributed by atoms with Crippen molar-refractivity contribution in [2.24, 2.45) is 5.92 Å². The van der Waals surface area contributed by atoms with Crippen molar-refractivity contribution in [1.29, 1.82) is 0 Å². The van der Waals surface area contributed by atoms with Crippen LogP contribution in [-0.4, -0.2) is 26.0 Å². The average molecular weight is 361 g/mol. The molecule has 1 aliphatic heterocycles. The molecule has 102 valence electrons. The van der Waals surface area contributed by atoms with Gasteiger partial charge in [-0.2, -0.15) is 11.8 Å². The molecule has 1 saturated heterocycles. The molecule has 0 unspecified atom stereocenters. The number of aromatic nitrogens is 3. The van der Waals surface area contributed by atoms with E-state index in [9.17, 15) is 0 Å². The van der Waals surface area contributed by atoms with Crippen molar-refractivity contribution in [1.82, 2.24) is 14.5 Å². The van der Waals surface area contributed by atoms with Crippen LogP contribution < -0.4 is 0 Å². The summed E-state index contributed by atoms with van der Waals surface area (Å²) in [5, 5.41) is 0. The lowest BCUT2D eigenvalue weighted by Gasteiger charge is -2.22. The van der Waals surface area contributed by atoms with Crippen molar-refractivity contribution in [3.8, 4) is 0 Å². The third-order valence-corrected chi connectivity index (χ3v) is 5.25. The first kappa shape index (κ1) is 13.7. The van der Waals surface area contributed by atoms with Crippen molar-refractivity contribution in [2.45, 2.75) is 25.3 Å². The standard InChI is InChI=1S/C13H15BrClN3S/c14-10-5-11-13(16-7-10)18(12(6-15)17-11)8-9-1-3-19-4-2-9/h5,7,9H,1-4,6,8H2. The van der Waals surface area contributed by atoms with Crippen LogP contribution in [0.2, 0.25) is 0 Å². The fourth-order valence-corrected chi connectivity index (χ4v) is 4.24. The van der Waals surface area contributed by atoms with Crippen LogP contribution in [0.4, 0.5) is 0 Å². The molecule has 0 amide bonds. The maximum Gasteiger partial charge on any atom is 0.160 e. The summed E-state index contributed by atoms with van der Waals surface area (Å²) in [6.07, 6.45) is 4.39. The molecule has 0 N–H and O–H groups in total. The molecule has 0 bridgehead atoms. The minimum Gasteiger partial charge on any atom is -0.311 e. The lowest BCUT2D eigenvalue weighted by molar-refractivity contribution is 0.416. The molecular formula is C13H15BrClN3S. The Hall–Kier alpha value is -0.260. The maximum atomic E-state index is 6.03. The van der Waals surface area contributed by atoms with E-state index >= 15 is 0 Å². The molecule has 2 aromatic heterocycles. The fourth-order valence-electron chi connectivity index (χ4n) is 2.51. The summed E-state index contributed by atoms with van der Waals surface area (Å²) in [5.41, 5.74) is 1.88. The zero-order chi connectivity index (χ0) is 13.2. The third-order valence-electron chi connectivity index (χ3n) is 3.53. The second-order valence-corrected chi connectivity index (χ2v) is 7.23. The van der Waals surface area contributed by atoms with Crippen LogP contribution in [0.5, 0.6) is 0 Å². The molecule has 3 rings (SSSR count). The number of alkyl halides is 1. The molecule has 1 fully saturated rings. The number of pyridine rings is 1. The summed E-state index contributed by atoms with van der Waals surface area (Å²) in [6, 6.07) is 2.01. The van der Waals surface area contributed by atoms with E-state index in [0.717, 1.165) is 33.9 Å². The van der Waals surface area contributed by atoms with Gasteiger partial charge < -0.3 is 4.57 Å². The number of fused-ring (bicyclic) bond motifs is 1. The van der Waals surface area contributed by atoms with Gasteiger partial charge in [-0.1, -0.05) is 0 Å². The first-order valence-electron chi connectivity index (χ1n) is 6.42. The normalized spacial score (nSPS) is 17.2. The number of hydrogen-bond donors (Lipinski definition) is 0. The Morgan fingerprint density at radius 3 is 2.95 bits per heavy atom. The Morgan fingerprint density at radius 2 is 2.21 bits per heavy atom. The lowest BCUT2D eigenvalue weighted by Crippen LogP contribution is -2.17. The lowest BCUT2D eigenvalue weighted by atomic mass is 10.0. The Balaban J connectivity index is 1.95. The second-order valence-electron chi connectivity index (χ2n) is 4.82. The van der Waals surface area contributed by atoms with E-state index < -0.39 is 0 Å². The topological polar surface area (TPSA) is 30.7 Å². The molecule has 19 heavy (non-hydrogen) atoms. The first-order chi connectivity index (χ1) is 9.28. The molecule has 0 spiro atoms. The molecule has 0 aromatic carbocycles. The summed E-state index contributed by atoms with van der Waals surface area (Å²) in [7, 11) is 0. The van der Waals surface area contributed by atoms with E-state index in [1.807, 2.05) is 12.3 Å². The first-order valence-corrected chi connectivity index (χ1v) is 8.90. The van der Waals surface area contributed by atoms with Gasteiger partial charge in [-0.05, 0) is 52.3 Å². The molecule has 0 aliphatic carbocycles. The van der Waals surface area contributed by atoms with E-state index in [2.05, 4.69) is 42.2 Å². The SMILES string of the molecule is ClCc1nc2cc(Br)cnc2n1CC1CCSCC1. The largest absolute Gasteiger partial charge is 0.311 e. The zero-order valence-corrected chi connectivity index (χ0v) is 13.6. The van der Waals surface area contributed by atoms with Gasteiger partial charge in [0.15, 0.2) is 5.65 Å². The van der Waals surface area contributed by atoms with Crippen LogP contribution in [0.15, 0.2) is 16.7 Å². The number of hydrogen-bond acceptors (Lipinski definition) is 3. The number of halogens is 2. The van der Waals surface area contributed by atoms with Gasteiger partial charge in [-0.25, -0.2) is 9.97 Å². The molecule has 2 aromatic rings. The van der Waals surface area contributed by atoms with Crippen LogP contribution in [0, 0.1) is 5.92 Å². The van der Waals surface area contributed by atoms with Gasteiger partial charge in [-0.15, -0.1) is 11.6 Å². The van der Waals surface area contributed by atoms with Gasteiger partial charge in [0.1, 0.15) is 11.3 Å². The number of rotatable bonds is 3. The molecular weight excluding hydrogens is 346 g/mol. The number of thioether (sulfide) groups is 1. The number of imidazole rings is 1. The molecule has 6 heteroatoms. The highest BCUT2D eigenvalue weighted by Gasteiger charge is 2.18. The smallest absolute Gasteiger partial charge is 0.160 e. The number of nitrogens with zero attached hydrogens (tertiary/aromatic N) is 3. The summed E-state index contributed by atoms with van der Waals surface area (Å²) in [6.45, 7) is 0.994. The molecule has 3 nitrogen and oxygen atoms in total. The van der Waals surface area contributed by atoms with Gasteiger partial charge >= 0.3 is 0 Å². The van der Waals surface area contributed by atoms with E-state index in [0.29, 0.717) is 5.88 Å². The van der Waals surface area contributed by atoms with Crippen LogP contribution >= 0.6 is 39.3 Å². The highest BCUT2D eigenvalue weighted by atomic mass is 79.9. The van der Waals surface area contributed by atoms with Crippen molar-refractivity contribution >= 4 is 50.5 Å². The van der Waals surface area contributed by atoms with Crippen molar-refractivity contribution < 1.29 is 0 Å². The van der Waals surface area contributed by atoms with Gasteiger partial charge in [-0.3, -0.25) is 0 Å². The maximum absolute atomic E-state index is 6.03. The van der Waals surface area contributed by atoms with Gasteiger partial charge in [0.2, 0.25) is 0 Å². The van der Waals surface area contributed by atoms with Gasteiger partial charge in [0.25, 0.3) is 0 Å². The molecule has 3 heterocycles. The molecule has 1 aliphatic rings. The van der Waals surface area contributed by atoms with Crippen LogP contribution in [0.1, 0.15) is 18.7 Å².